The smallest absolute Gasteiger partial charge is 0.317 e. The average Bonchev–Trinajstić information content (AvgIpc) is 2.53. The Morgan fingerprint density at radius 2 is 1.83 bits per heavy atom. The molecule has 1 saturated heterocycles. The Labute approximate surface area is 142 Å². The van der Waals surface area contributed by atoms with Gasteiger partial charge in [0, 0.05) is 18.5 Å². The summed E-state index contributed by atoms with van der Waals surface area (Å²) in [6.45, 7) is 2.79. The van der Waals surface area contributed by atoms with Crippen molar-refractivity contribution in [1.29, 1.82) is 0 Å². The van der Waals surface area contributed by atoms with Crippen molar-refractivity contribution in [2.75, 3.05) is 18.1 Å². The monoisotopic (exact) mass is 344 g/mol. The quantitative estimate of drug-likeness (QED) is 0.929. The first-order chi connectivity index (χ1) is 11.4. The van der Waals surface area contributed by atoms with Crippen LogP contribution in [0.2, 0.25) is 0 Å². The van der Waals surface area contributed by atoms with Crippen LogP contribution in [-0.2, 0) is 9.84 Å². The summed E-state index contributed by atoms with van der Waals surface area (Å²) in [6, 6.07) is 16.1. The first-order valence-corrected chi connectivity index (χ1v) is 9.68. The van der Waals surface area contributed by atoms with Crippen molar-refractivity contribution in [2.24, 2.45) is 5.92 Å². The fourth-order valence-electron chi connectivity index (χ4n) is 3.06. The Morgan fingerprint density at radius 1 is 1.12 bits per heavy atom. The third-order valence-electron chi connectivity index (χ3n) is 4.27. The highest BCUT2D eigenvalue weighted by molar-refractivity contribution is 7.90. The van der Waals surface area contributed by atoms with E-state index in [2.05, 4.69) is 12.2 Å². The van der Waals surface area contributed by atoms with Crippen LogP contribution in [0.15, 0.2) is 59.5 Å². The van der Waals surface area contributed by atoms with Gasteiger partial charge < -0.3 is 10.2 Å². The van der Waals surface area contributed by atoms with Crippen LogP contribution in [0.4, 0.5) is 10.5 Å². The zero-order chi connectivity index (χ0) is 17.3. The number of carbonyl (C=O) groups is 1. The second-order valence-electron chi connectivity index (χ2n) is 6.22. The minimum atomic E-state index is -3.30. The summed E-state index contributed by atoms with van der Waals surface area (Å²) in [7, 11) is -3.30. The van der Waals surface area contributed by atoms with Crippen LogP contribution < -0.4 is 5.32 Å². The van der Waals surface area contributed by atoms with Crippen molar-refractivity contribution in [3.8, 4) is 0 Å². The van der Waals surface area contributed by atoms with E-state index in [4.69, 9.17) is 0 Å². The molecule has 2 atom stereocenters. The molecule has 1 heterocycles. The third kappa shape index (κ3) is 3.28. The summed E-state index contributed by atoms with van der Waals surface area (Å²) in [5.41, 5.74) is 1.59. The minimum absolute atomic E-state index is 0.0456. The number of sulfone groups is 1. The molecule has 0 spiro atoms. The molecule has 1 fully saturated rings. The van der Waals surface area contributed by atoms with Gasteiger partial charge in [0.15, 0.2) is 9.84 Å². The largest absolute Gasteiger partial charge is 0.322 e. The van der Waals surface area contributed by atoms with Crippen LogP contribution in [-0.4, -0.2) is 32.1 Å². The first-order valence-electron chi connectivity index (χ1n) is 7.79. The zero-order valence-electron chi connectivity index (χ0n) is 13.6. The maximum absolute atomic E-state index is 12.6. The molecule has 2 aromatic rings. The SMILES string of the molecule is C[C@@H]1CN(C(=O)Nc2cccc(S(C)(=O)=O)c2)[C@H]1c1ccccc1. The van der Waals surface area contributed by atoms with E-state index >= 15 is 0 Å². The second kappa shape index (κ2) is 6.28. The Hall–Kier alpha value is -2.34. The third-order valence-corrected chi connectivity index (χ3v) is 5.39. The topological polar surface area (TPSA) is 66.5 Å². The molecule has 0 saturated carbocycles. The van der Waals surface area contributed by atoms with Crippen LogP contribution in [0.1, 0.15) is 18.5 Å². The Kier molecular flexibility index (Phi) is 4.32. The highest BCUT2D eigenvalue weighted by atomic mass is 32.2. The lowest BCUT2D eigenvalue weighted by Gasteiger charge is -2.46. The molecule has 0 radical (unpaired) electrons. The van der Waals surface area contributed by atoms with Crippen LogP contribution in [0.3, 0.4) is 0 Å². The molecule has 2 aromatic carbocycles. The summed E-state index contributed by atoms with van der Waals surface area (Å²) in [5, 5.41) is 2.80. The van der Waals surface area contributed by atoms with Crippen molar-refractivity contribution in [1.82, 2.24) is 4.90 Å². The van der Waals surface area contributed by atoms with E-state index in [1.807, 2.05) is 30.3 Å². The van der Waals surface area contributed by atoms with Crippen molar-refractivity contribution >= 4 is 21.6 Å². The highest BCUT2D eigenvalue weighted by Crippen LogP contribution is 2.38. The Bertz CT molecular complexity index is 850. The van der Waals surface area contributed by atoms with E-state index in [9.17, 15) is 13.2 Å². The molecule has 0 unspecified atom stereocenters. The molecule has 0 aliphatic carbocycles. The highest BCUT2D eigenvalue weighted by Gasteiger charge is 2.39. The zero-order valence-corrected chi connectivity index (χ0v) is 14.5. The first kappa shape index (κ1) is 16.5. The normalized spacial score (nSPS) is 20.3. The molecule has 1 aliphatic rings. The fraction of sp³-hybridized carbons (Fsp3) is 0.278. The molecule has 0 aromatic heterocycles. The number of anilines is 1. The van der Waals surface area contributed by atoms with Gasteiger partial charge in [-0.25, -0.2) is 13.2 Å². The van der Waals surface area contributed by atoms with Gasteiger partial charge in [0.1, 0.15) is 0 Å². The molecular weight excluding hydrogens is 324 g/mol. The van der Waals surface area contributed by atoms with E-state index in [1.165, 1.54) is 12.1 Å². The van der Waals surface area contributed by atoms with Crippen LogP contribution >= 0.6 is 0 Å². The van der Waals surface area contributed by atoms with Gasteiger partial charge in [-0.05, 0) is 29.7 Å². The Balaban J connectivity index is 1.76. The van der Waals surface area contributed by atoms with Gasteiger partial charge in [-0.15, -0.1) is 0 Å². The van der Waals surface area contributed by atoms with Crippen molar-refractivity contribution < 1.29 is 13.2 Å². The van der Waals surface area contributed by atoms with Crippen molar-refractivity contribution in [3.05, 3.63) is 60.2 Å². The summed E-state index contributed by atoms with van der Waals surface area (Å²) in [4.78, 5) is 14.5. The van der Waals surface area contributed by atoms with Crippen LogP contribution in [0.25, 0.3) is 0 Å². The van der Waals surface area contributed by atoms with Gasteiger partial charge in [-0.2, -0.15) is 0 Å². The summed E-state index contributed by atoms with van der Waals surface area (Å²) in [6.07, 6.45) is 1.15. The fourth-order valence-corrected chi connectivity index (χ4v) is 3.73. The predicted molar refractivity (Wildman–Crippen MR) is 93.6 cm³/mol. The summed E-state index contributed by atoms with van der Waals surface area (Å²) in [5.74, 6) is 0.389. The number of nitrogens with zero attached hydrogens (tertiary/aromatic N) is 1. The van der Waals surface area contributed by atoms with E-state index in [-0.39, 0.29) is 17.0 Å². The number of rotatable bonds is 3. The number of amides is 2. The molecule has 126 valence electrons. The summed E-state index contributed by atoms with van der Waals surface area (Å²) >= 11 is 0. The number of benzene rings is 2. The average molecular weight is 344 g/mol. The second-order valence-corrected chi connectivity index (χ2v) is 8.23. The summed E-state index contributed by atoms with van der Waals surface area (Å²) < 4.78 is 23.3. The minimum Gasteiger partial charge on any atom is -0.317 e. The molecular formula is C18H20N2O3S. The van der Waals surface area contributed by atoms with Gasteiger partial charge in [0.05, 0.1) is 10.9 Å². The maximum Gasteiger partial charge on any atom is 0.322 e. The van der Waals surface area contributed by atoms with E-state index in [1.54, 1.807) is 17.0 Å². The van der Waals surface area contributed by atoms with Crippen molar-refractivity contribution in [3.63, 3.8) is 0 Å². The molecule has 3 rings (SSSR count). The van der Waals surface area contributed by atoms with Gasteiger partial charge in [-0.1, -0.05) is 43.3 Å². The molecule has 5 nitrogen and oxygen atoms in total. The number of nitrogens with one attached hydrogen (secondary N) is 1. The maximum atomic E-state index is 12.6. The van der Waals surface area contributed by atoms with E-state index in [0.29, 0.717) is 18.2 Å². The lowest BCUT2D eigenvalue weighted by Crippen LogP contribution is -2.53. The number of likely N-dealkylation sites (tertiary alicyclic amines) is 1. The van der Waals surface area contributed by atoms with Gasteiger partial charge in [-0.3, -0.25) is 0 Å². The number of hydrogen-bond acceptors (Lipinski definition) is 3. The molecule has 6 heteroatoms. The van der Waals surface area contributed by atoms with Gasteiger partial charge >= 0.3 is 6.03 Å². The van der Waals surface area contributed by atoms with Crippen LogP contribution in [0.5, 0.6) is 0 Å². The molecule has 0 bridgehead atoms. The standard InChI is InChI=1S/C18H20N2O3S/c1-13-12-20(17(13)14-7-4-3-5-8-14)18(21)19-15-9-6-10-16(11-15)24(2,22)23/h3-11,13,17H,12H2,1-2H3,(H,19,21)/t13-,17-/m1/s1. The number of hydrogen-bond donors (Lipinski definition) is 1. The Morgan fingerprint density at radius 3 is 2.46 bits per heavy atom. The lowest BCUT2D eigenvalue weighted by molar-refractivity contribution is 0.0671. The van der Waals surface area contributed by atoms with E-state index < -0.39 is 9.84 Å². The van der Waals surface area contributed by atoms with Gasteiger partial charge in [0.25, 0.3) is 0 Å². The lowest BCUT2D eigenvalue weighted by atomic mass is 9.85. The predicted octanol–water partition coefficient (Wildman–Crippen LogP) is 3.32. The van der Waals surface area contributed by atoms with Gasteiger partial charge in [0.2, 0.25) is 0 Å². The number of urea groups is 1. The molecule has 1 aliphatic heterocycles. The van der Waals surface area contributed by atoms with Crippen molar-refractivity contribution in [2.45, 2.75) is 17.9 Å². The molecule has 1 N–H and O–H groups in total. The van der Waals surface area contributed by atoms with Crippen LogP contribution in [0, 0.1) is 5.92 Å². The van der Waals surface area contributed by atoms with E-state index in [0.717, 1.165) is 11.8 Å². The molecule has 2 amide bonds. The number of carbonyl (C=O) groups excluding carboxylic acids is 1. The molecule has 24 heavy (non-hydrogen) atoms.